The SMILES string of the molecule is CC(C)N1CCN(c2ccc(C(=O)Nc3ccc(NC(=O)OC(C)(C)C)cc3)cc2)CC1. The van der Waals surface area contributed by atoms with E-state index in [0.717, 1.165) is 31.9 Å². The molecule has 1 saturated heterocycles. The van der Waals surface area contributed by atoms with E-state index in [1.807, 2.05) is 45.0 Å². The van der Waals surface area contributed by atoms with Crippen LogP contribution in [0.4, 0.5) is 21.9 Å². The summed E-state index contributed by atoms with van der Waals surface area (Å²) >= 11 is 0. The van der Waals surface area contributed by atoms with Crippen molar-refractivity contribution >= 4 is 29.1 Å². The zero-order chi connectivity index (χ0) is 23.3. The molecule has 172 valence electrons. The molecular weight excluding hydrogens is 404 g/mol. The van der Waals surface area contributed by atoms with Crippen molar-refractivity contribution in [1.29, 1.82) is 0 Å². The van der Waals surface area contributed by atoms with E-state index in [9.17, 15) is 9.59 Å². The smallest absolute Gasteiger partial charge is 0.412 e. The van der Waals surface area contributed by atoms with Crippen molar-refractivity contribution in [3.05, 3.63) is 54.1 Å². The third-order valence-electron chi connectivity index (χ3n) is 5.33. The van der Waals surface area contributed by atoms with Crippen LogP contribution in [0.15, 0.2) is 48.5 Å². The number of nitrogens with zero attached hydrogens (tertiary/aromatic N) is 2. The fourth-order valence-electron chi connectivity index (χ4n) is 3.58. The maximum atomic E-state index is 12.6. The van der Waals surface area contributed by atoms with Crippen LogP contribution in [-0.2, 0) is 4.74 Å². The topological polar surface area (TPSA) is 73.9 Å². The number of ether oxygens (including phenoxy) is 1. The molecule has 0 unspecified atom stereocenters. The van der Waals surface area contributed by atoms with Crippen LogP contribution in [0.5, 0.6) is 0 Å². The van der Waals surface area contributed by atoms with Gasteiger partial charge in [-0.3, -0.25) is 15.0 Å². The molecule has 0 atom stereocenters. The number of nitrogens with one attached hydrogen (secondary N) is 2. The lowest BCUT2D eigenvalue weighted by Gasteiger charge is -2.38. The zero-order valence-electron chi connectivity index (χ0n) is 19.6. The molecule has 2 aromatic carbocycles. The van der Waals surface area contributed by atoms with Gasteiger partial charge < -0.3 is 15.0 Å². The van der Waals surface area contributed by atoms with Gasteiger partial charge in [-0.25, -0.2) is 4.79 Å². The molecule has 0 saturated carbocycles. The zero-order valence-corrected chi connectivity index (χ0v) is 19.6. The molecule has 1 aliphatic rings. The third kappa shape index (κ3) is 6.72. The normalized spacial score (nSPS) is 14.9. The van der Waals surface area contributed by atoms with Crippen LogP contribution in [-0.4, -0.2) is 54.7 Å². The molecule has 0 radical (unpaired) electrons. The lowest BCUT2D eigenvalue weighted by molar-refractivity contribution is 0.0635. The fourth-order valence-corrected chi connectivity index (χ4v) is 3.58. The highest BCUT2D eigenvalue weighted by Crippen LogP contribution is 2.20. The second-order valence-corrected chi connectivity index (χ2v) is 9.32. The lowest BCUT2D eigenvalue weighted by Crippen LogP contribution is -2.48. The molecule has 1 fully saturated rings. The number of hydrogen-bond acceptors (Lipinski definition) is 5. The summed E-state index contributed by atoms with van der Waals surface area (Å²) in [5.74, 6) is -0.172. The van der Waals surface area contributed by atoms with Gasteiger partial charge in [0, 0.05) is 54.8 Å². The van der Waals surface area contributed by atoms with Crippen molar-refractivity contribution in [2.45, 2.75) is 46.3 Å². The van der Waals surface area contributed by atoms with Crippen LogP contribution in [0.2, 0.25) is 0 Å². The molecule has 3 rings (SSSR count). The van der Waals surface area contributed by atoms with E-state index in [1.54, 1.807) is 24.3 Å². The van der Waals surface area contributed by atoms with Gasteiger partial charge in [-0.1, -0.05) is 0 Å². The number of rotatable bonds is 5. The average Bonchev–Trinajstić information content (AvgIpc) is 2.74. The van der Waals surface area contributed by atoms with Crippen LogP contribution < -0.4 is 15.5 Å². The third-order valence-corrected chi connectivity index (χ3v) is 5.33. The van der Waals surface area contributed by atoms with Gasteiger partial charge in [0.2, 0.25) is 0 Å². The highest BCUT2D eigenvalue weighted by atomic mass is 16.6. The highest BCUT2D eigenvalue weighted by molar-refractivity contribution is 6.04. The van der Waals surface area contributed by atoms with Crippen LogP contribution in [0.1, 0.15) is 45.0 Å². The highest BCUT2D eigenvalue weighted by Gasteiger charge is 2.19. The van der Waals surface area contributed by atoms with E-state index in [-0.39, 0.29) is 5.91 Å². The first kappa shape index (κ1) is 23.6. The van der Waals surface area contributed by atoms with E-state index in [2.05, 4.69) is 34.3 Å². The van der Waals surface area contributed by atoms with Crippen LogP contribution in [0, 0.1) is 0 Å². The largest absolute Gasteiger partial charge is 0.444 e. The maximum Gasteiger partial charge on any atom is 0.412 e. The van der Waals surface area contributed by atoms with Crippen molar-refractivity contribution in [2.24, 2.45) is 0 Å². The summed E-state index contributed by atoms with van der Waals surface area (Å²) in [5, 5.41) is 5.57. The summed E-state index contributed by atoms with van der Waals surface area (Å²) in [4.78, 5) is 29.3. The fraction of sp³-hybridized carbons (Fsp3) is 0.440. The van der Waals surface area contributed by atoms with Gasteiger partial charge in [0.05, 0.1) is 0 Å². The van der Waals surface area contributed by atoms with Gasteiger partial charge in [0.1, 0.15) is 5.60 Å². The van der Waals surface area contributed by atoms with E-state index in [4.69, 9.17) is 4.74 Å². The first-order valence-electron chi connectivity index (χ1n) is 11.1. The van der Waals surface area contributed by atoms with Gasteiger partial charge in [0.15, 0.2) is 0 Å². The van der Waals surface area contributed by atoms with Gasteiger partial charge in [-0.2, -0.15) is 0 Å². The summed E-state index contributed by atoms with van der Waals surface area (Å²) in [7, 11) is 0. The summed E-state index contributed by atoms with van der Waals surface area (Å²) in [6.07, 6.45) is -0.514. The van der Waals surface area contributed by atoms with E-state index >= 15 is 0 Å². The first-order chi connectivity index (χ1) is 15.1. The molecule has 0 aliphatic carbocycles. The van der Waals surface area contributed by atoms with Gasteiger partial charge in [0.25, 0.3) is 5.91 Å². The minimum atomic E-state index is -0.560. The Balaban J connectivity index is 1.53. The Morgan fingerprint density at radius 2 is 1.38 bits per heavy atom. The number of carbonyl (C=O) groups is 2. The van der Waals surface area contributed by atoms with Crippen molar-refractivity contribution in [2.75, 3.05) is 41.7 Å². The summed E-state index contributed by atoms with van der Waals surface area (Å²) in [5.41, 5.74) is 2.43. The minimum Gasteiger partial charge on any atom is -0.444 e. The Bertz CT molecular complexity index is 910. The predicted octanol–water partition coefficient (Wildman–Crippen LogP) is 4.82. The number of piperazine rings is 1. The van der Waals surface area contributed by atoms with Gasteiger partial charge in [-0.15, -0.1) is 0 Å². The molecule has 2 N–H and O–H groups in total. The molecule has 0 aromatic heterocycles. The molecule has 7 heteroatoms. The quantitative estimate of drug-likeness (QED) is 0.700. The van der Waals surface area contributed by atoms with Crippen molar-refractivity contribution in [3.8, 4) is 0 Å². The number of anilines is 3. The van der Waals surface area contributed by atoms with Crippen molar-refractivity contribution < 1.29 is 14.3 Å². The number of benzene rings is 2. The second-order valence-electron chi connectivity index (χ2n) is 9.32. The van der Waals surface area contributed by atoms with E-state index in [0.29, 0.717) is 23.0 Å². The summed E-state index contributed by atoms with van der Waals surface area (Å²) in [6, 6.07) is 15.2. The minimum absolute atomic E-state index is 0.172. The van der Waals surface area contributed by atoms with Crippen molar-refractivity contribution in [1.82, 2.24) is 4.90 Å². The molecular formula is C25H34N4O3. The first-order valence-corrected chi connectivity index (χ1v) is 11.1. The molecule has 32 heavy (non-hydrogen) atoms. The average molecular weight is 439 g/mol. The number of carbonyl (C=O) groups excluding carboxylic acids is 2. The molecule has 0 bridgehead atoms. The second kappa shape index (κ2) is 10.0. The molecule has 1 aliphatic heterocycles. The number of hydrogen-bond donors (Lipinski definition) is 2. The Hall–Kier alpha value is -3.06. The van der Waals surface area contributed by atoms with E-state index in [1.165, 1.54) is 0 Å². The number of amides is 2. The van der Waals surface area contributed by atoms with E-state index < -0.39 is 11.7 Å². The maximum absolute atomic E-state index is 12.6. The lowest BCUT2D eigenvalue weighted by atomic mass is 10.1. The molecule has 2 aromatic rings. The van der Waals surface area contributed by atoms with Gasteiger partial charge in [-0.05, 0) is 83.1 Å². The Morgan fingerprint density at radius 1 is 0.844 bits per heavy atom. The van der Waals surface area contributed by atoms with Crippen LogP contribution in [0.25, 0.3) is 0 Å². The molecule has 2 amide bonds. The molecule has 1 heterocycles. The Morgan fingerprint density at radius 3 is 1.88 bits per heavy atom. The monoisotopic (exact) mass is 438 g/mol. The summed E-state index contributed by atoms with van der Waals surface area (Å²) in [6.45, 7) is 14.0. The van der Waals surface area contributed by atoms with Crippen LogP contribution in [0.3, 0.4) is 0 Å². The molecule has 0 spiro atoms. The Kier molecular flexibility index (Phi) is 7.40. The van der Waals surface area contributed by atoms with Crippen LogP contribution >= 0.6 is 0 Å². The Labute approximate surface area is 190 Å². The standard InChI is InChI=1S/C25H34N4O3/c1-18(2)28-14-16-29(17-15-28)22-12-6-19(7-13-22)23(30)26-20-8-10-21(11-9-20)27-24(31)32-25(3,4)5/h6-13,18H,14-17H2,1-5H3,(H,26,30)(H,27,31). The van der Waals surface area contributed by atoms with Gasteiger partial charge >= 0.3 is 6.09 Å². The predicted molar refractivity (Wildman–Crippen MR) is 130 cm³/mol. The summed E-state index contributed by atoms with van der Waals surface area (Å²) < 4.78 is 5.24. The molecule has 7 nitrogen and oxygen atoms in total. The van der Waals surface area contributed by atoms with Crippen molar-refractivity contribution in [3.63, 3.8) is 0 Å².